The molecule has 272 valence electrons. The molecule has 2 fully saturated rings. The first kappa shape index (κ1) is 41.7. The Morgan fingerprint density at radius 3 is 2.45 bits per heavy atom. The number of nitrogens with one attached hydrogen (secondary N) is 2. The fourth-order valence-electron chi connectivity index (χ4n) is 5.64. The lowest BCUT2D eigenvalue weighted by molar-refractivity contribution is -0.178. The highest BCUT2D eigenvalue weighted by atomic mass is 32.2. The standard InChI is InChI=1S/C26H35N5O5S.C6H12N2O.H2O2S/c1-26(25(33)34,36-31-20(14-32)21(29-2)15-37-16-27)23-11-9-18-12-19(8-10-22(18)35-23)24(28)30-13-17-6-4-3-5-7-17;1-6(2)4(7-3)5(9)8-6;1-3-2/h8,10,12,14-15,17,23H,2-7,9,11,13,16,27H2,1H3,(H2,28,30)(H,33,34);4,7H,1-3H3,(H,8,9);1-2H/b21-15-,31-20+;;. The minimum atomic E-state index is -1.86. The summed E-state index contributed by atoms with van der Waals surface area (Å²) in [5, 5.41) is 21.0. The Hall–Kier alpha value is -3.48. The predicted octanol–water partition coefficient (Wildman–Crippen LogP) is 3.42. The number of ether oxygens (including phenoxy) is 1. The third kappa shape index (κ3) is 11.8. The molecule has 1 aromatic rings. The number of nitrogens with two attached hydrogens (primary N) is 2. The van der Waals surface area contributed by atoms with Gasteiger partial charge in [0.25, 0.3) is 5.60 Å². The normalized spacial score (nSPS) is 21.8. The van der Waals surface area contributed by atoms with Crippen LogP contribution < -0.4 is 26.8 Å². The number of amidine groups is 1. The molecule has 2 aliphatic heterocycles. The predicted molar refractivity (Wildman–Crippen MR) is 194 cm³/mol. The van der Waals surface area contributed by atoms with E-state index in [1.54, 1.807) is 13.1 Å². The highest BCUT2D eigenvalue weighted by molar-refractivity contribution is 8.02. The van der Waals surface area contributed by atoms with E-state index in [4.69, 9.17) is 30.1 Å². The van der Waals surface area contributed by atoms with Crippen LogP contribution in [0.25, 0.3) is 0 Å². The van der Waals surface area contributed by atoms with Gasteiger partial charge in [0, 0.05) is 23.4 Å². The first-order chi connectivity index (χ1) is 23.3. The van der Waals surface area contributed by atoms with Crippen LogP contribution in [0.15, 0.2) is 44.4 Å². The number of fused-ring (bicyclic) bond motifs is 1. The lowest BCUT2D eigenvalue weighted by Crippen LogP contribution is -2.74. The van der Waals surface area contributed by atoms with Gasteiger partial charge in [-0.1, -0.05) is 24.4 Å². The van der Waals surface area contributed by atoms with Crippen LogP contribution in [0.1, 0.15) is 70.4 Å². The number of hydrogen-bond acceptors (Lipinski definition) is 14. The maximum atomic E-state index is 12.2. The van der Waals surface area contributed by atoms with Crippen LogP contribution in [0.3, 0.4) is 0 Å². The number of likely N-dealkylation sites (N-methyl/N-ethyl adjacent to an activating group) is 1. The van der Waals surface area contributed by atoms with Crippen LogP contribution in [-0.2, 0) is 25.6 Å². The molecule has 1 amide bonds. The quantitative estimate of drug-likeness (QED) is 0.0294. The van der Waals surface area contributed by atoms with Crippen molar-refractivity contribution in [2.24, 2.45) is 32.5 Å². The lowest BCUT2D eigenvalue weighted by Gasteiger charge is -2.43. The molecular weight excluding hydrogens is 675 g/mol. The first-order valence-electron chi connectivity index (χ1n) is 15.8. The van der Waals surface area contributed by atoms with E-state index in [1.165, 1.54) is 56.2 Å². The van der Waals surface area contributed by atoms with Gasteiger partial charge in [-0.05, 0) is 89.9 Å². The van der Waals surface area contributed by atoms with Crippen molar-refractivity contribution in [3.8, 4) is 5.75 Å². The number of amides is 1. The zero-order chi connectivity index (χ0) is 36.6. The summed E-state index contributed by atoms with van der Waals surface area (Å²) in [5.74, 6) is 0.717. The molecule has 1 aromatic carbocycles. The SMILES string of the molecule is C=NC(=C\SCN)/C(C=O)=N/OC(C)(C(=O)O)C1CCc2cc(C(N)=NCC3CCCCC3)ccc2O1.CNC1C(=O)NC1(C)C.OSO. The molecule has 1 saturated carbocycles. The van der Waals surface area contributed by atoms with Gasteiger partial charge in [-0.25, -0.2) is 4.79 Å². The average molecular weight is 724 g/mol. The number of carbonyl (C=O) groups is 3. The zero-order valence-corrected chi connectivity index (χ0v) is 30.0. The van der Waals surface area contributed by atoms with Crippen molar-refractivity contribution in [1.29, 1.82) is 0 Å². The minimum absolute atomic E-state index is 0.00231. The number of carboxylic acids is 1. The Morgan fingerprint density at radius 2 is 1.94 bits per heavy atom. The summed E-state index contributed by atoms with van der Waals surface area (Å²) in [7, 11) is 1.80. The number of thioether (sulfide) groups is 1. The van der Waals surface area contributed by atoms with E-state index in [0.29, 0.717) is 36.6 Å². The number of β-lactam (4-membered cyclic amide) rings is 1. The van der Waals surface area contributed by atoms with E-state index < -0.39 is 17.7 Å². The Labute approximate surface area is 295 Å². The highest BCUT2D eigenvalue weighted by Gasteiger charge is 2.48. The maximum absolute atomic E-state index is 12.2. The Bertz CT molecular complexity index is 1380. The summed E-state index contributed by atoms with van der Waals surface area (Å²) in [6.45, 7) is 9.50. The summed E-state index contributed by atoms with van der Waals surface area (Å²) in [4.78, 5) is 48.3. The van der Waals surface area contributed by atoms with Crippen molar-refractivity contribution in [2.75, 3.05) is 19.5 Å². The van der Waals surface area contributed by atoms with Crippen LogP contribution >= 0.6 is 24.1 Å². The van der Waals surface area contributed by atoms with E-state index in [9.17, 15) is 19.5 Å². The number of oxime groups is 1. The molecule has 17 heteroatoms. The molecule has 0 radical (unpaired) electrons. The van der Waals surface area contributed by atoms with E-state index in [1.807, 2.05) is 26.0 Å². The third-order valence-corrected chi connectivity index (χ3v) is 9.05. The second kappa shape index (κ2) is 20.3. The minimum Gasteiger partial charge on any atom is -0.485 e. The van der Waals surface area contributed by atoms with Gasteiger partial charge in [0.2, 0.25) is 5.91 Å². The summed E-state index contributed by atoms with van der Waals surface area (Å²) in [5.41, 5.74) is 11.5. The van der Waals surface area contributed by atoms with Crippen molar-refractivity contribution in [3.63, 3.8) is 0 Å². The molecular formula is C32H49N7O8S2. The monoisotopic (exact) mass is 723 g/mol. The Kier molecular flexibility index (Phi) is 17.2. The molecule has 9 N–H and O–H groups in total. The van der Waals surface area contributed by atoms with E-state index in [-0.39, 0.29) is 47.1 Å². The molecule has 3 aliphatic rings. The summed E-state index contributed by atoms with van der Waals surface area (Å²) >= 11 is 0.936. The van der Waals surface area contributed by atoms with E-state index in [2.05, 4.69) is 32.5 Å². The number of hydrogen-bond donors (Lipinski definition) is 7. The van der Waals surface area contributed by atoms with Gasteiger partial charge in [-0.15, -0.1) is 11.8 Å². The molecule has 3 atom stereocenters. The molecule has 0 bridgehead atoms. The molecule has 49 heavy (non-hydrogen) atoms. The molecule has 0 aromatic heterocycles. The number of aliphatic carboxylic acids is 1. The van der Waals surface area contributed by atoms with Gasteiger partial charge < -0.3 is 45.9 Å². The van der Waals surface area contributed by atoms with Gasteiger partial charge >= 0.3 is 5.97 Å². The fraction of sp³-hybridized carbons (Fsp3) is 0.562. The highest BCUT2D eigenvalue weighted by Crippen LogP contribution is 2.34. The van der Waals surface area contributed by atoms with Crippen molar-refractivity contribution in [3.05, 3.63) is 40.4 Å². The third-order valence-electron chi connectivity index (χ3n) is 8.47. The Morgan fingerprint density at radius 1 is 1.27 bits per heavy atom. The number of carbonyl (C=O) groups excluding carboxylic acids is 2. The van der Waals surface area contributed by atoms with E-state index in [0.717, 1.165) is 17.7 Å². The van der Waals surface area contributed by atoms with Crippen molar-refractivity contribution >= 4 is 60.5 Å². The van der Waals surface area contributed by atoms with Gasteiger partial charge in [-0.2, -0.15) is 0 Å². The fourth-order valence-corrected chi connectivity index (χ4v) is 6.09. The molecule has 1 aliphatic carbocycles. The van der Waals surface area contributed by atoms with Crippen LogP contribution in [0.2, 0.25) is 0 Å². The smallest absolute Gasteiger partial charge is 0.354 e. The number of allylic oxidation sites excluding steroid dienone is 1. The number of carboxylic acid groups (broad SMARTS) is 1. The van der Waals surface area contributed by atoms with Crippen molar-refractivity contribution in [1.82, 2.24) is 10.6 Å². The van der Waals surface area contributed by atoms with Crippen molar-refractivity contribution < 1.29 is 38.2 Å². The molecule has 4 rings (SSSR count). The van der Waals surface area contributed by atoms with Crippen molar-refractivity contribution in [2.45, 2.75) is 89.0 Å². The molecule has 1 saturated heterocycles. The van der Waals surface area contributed by atoms with Gasteiger partial charge in [0.05, 0.1) is 5.54 Å². The van der Waals surface area contributed by atoms with E-state index >= 15 is 0 Å². The molecule has 3 unspecified atom stereocenters. The molecule has 15 nitrogen and oxygen atoms in total. The van der Waals surface area contributed by atoms with Crippen LogP contribution in [0.4, 0.5) is 0 Å². The number of aliphatic imine (C=N–C) groups is 2. The van der Waals surface area contributed by atoms with Crippen LogP contribution in [0, 0.1) is 5.92 Å². The largest absolute Gasteiger partial charge is 0.485 e. The number of rotatable bonds is 13. The van der Waals surface area contributed by atoms with Gasteiger partial charge in [-0.3, -0.25) is 19.6 Å². The first-order valence-corrected chi connectivity index (χ1v) is 17.6. The zero-order valence-electron chi connectivity index (χ0n) is 28.4. The molecule has 2 heterocycles. The second-order valence-corrected chi connectivity index (χ2v) is 13.4. The maximum Gasteiger partial charge on any atom is 0.354 e. The average Bonchev–Trinajstić information content (AvgIpc) is 3.08. The number of aryl methyl sites for hydroxylation is 1. The molecule has 0 spiro atoms. The number of nitrogens with zero attached hydrogens (tertiary/aromatic N) is 3. The number of benzene rings is 1. The lowest BCUT2D eigenvalue weighted by atomic mass is 9.86. The second-order valence-electron chi connectivity index (χ2n) is 12.3. The van der Waals surface area contributed by atoms with Gasteiger partial charge in [0.1, 0.15) is 23.3 Å². The van der Waals surface area contributed by atoms with Crippen LogP contribution in [-0.4, -0.2) is 93.4 Å². The van der Waals surface area contributed by atoms with Gasteiger partial charge in [0.15, 0.2) is 30.4 Å². The summed E-state index contributed by atoms with van der Waals surface area (Å²) < 4.78 is 20.1. The topological polar surface area (TPSA) is 244 Å². The summed E-state index contributed by atoms with van der Waals surface area (Å²) in [6, 6.07) is 5.53. The number of aldehydes is 1. The van der Waals surface area contributed by atoms with Crippen LogP contribution in [0.5, 0.6) is 5.75 Å². The Balaban J connectivity index is 0.000000586. The summed E-state index contributed by atoms with van der Waals surface area (Å²) in [6.07, 6.45) is 6.68.